The highest BCUT2D eigenvalue weighted by atomic mass is 16.5. The monoisotopic (exact) mass is 230 g/mol. The second-order valence-corrected chi connectivity index (χ2v) is 4.54. The summed E-state index contributed by atoms with van der Waals surface area (Å²) in [4.78, 5) is 8.53. The van der Waals surface area contributed by atoms with Crippen molar-refractivity contribution >= 4 is 0 Å². The van der Waals surface area contributed by atoms with Crippen LogP contribution in [0.5, 0.6) is 0 Å². The van der Waals surface area contributed by atoms with E-state index in [0.29, 0.717) is 17.6 Å². The molecule has 5 nitrogen and oxygen atoms in total. The molecule has 2 N–H and O–H groups in total. The summed E-state index contributed by atoms with van der Waals surface area (Å²) in [6.45, 7) is 2.00. The number of aromatic nitrogens is 3. The number of nitrogens with two attached hydrogens (primary N) is 1. The number of hydrogen-bond donors (Lipinski definition) is 1. The van der Waals surface area contributed by atoms with E-state index in [1.165, 1.54) is 0 Å². The first-order chi connectivity index (χ1) is 8.24. The van der Waals surface area contributed by atoms with Gasteiger partial charge in [0.25, 0.3) is 0 Å². The first-order valence-electron chi connectivity index (χ1n) is 5.76. The summed E-state index contributed by atoms with van der Waals surface area (Å²) in [6.07, 6.45) is 4.05. The van der Waals surface area contributed by atoms with Gasteiger partial charge in [0, 0.05) is 6.20 Å². The molecule has 3 rings (SSSR count). The van der Waals surface area contributed by atoms with E-state index in [1.54, 1.807) is 6.20 Å². The Labute approximate surface area is 99.1 Å². The third-order valence-electron chi connectivity index (χ3n) is 3.00. The van der Waals surface area contributed by atoms with Gasteiger partial charge in [-0.2, -0.15) is 4.98 Å². The van der Waals surface area contributed by atoms with Crippen LogP contribution >= 0.6 is 0 Å². The summed E-state index contributed by atoms with van der Waals surface area (Å²) in [5, 5.41) is 3.93. The van der Waals surface area contributed by atoms with Gasteiger partial charge in [0.05, 0.1) is 6.04 Å². The van der Waals surface area contributed by atoms with Crippen molar-refractivity contribution in [2.24, 2.45) is 11.7 Å². The molecular formula is C12H14N4O. The second-order valence-electron chi connectivity index (χ2n) is 4.54. The average Bonchev–Trinajstić information content (AvgIpc) is 3.05. The van der Waals surface area contributed by atoms with Crippen LogP contribution in [0.15, 0.2) is 22.9 Å². The molecular weight excluding hydrogens is 216 g/mol. The van der Waals surface area contributed by atoms with Gasteiger partial charge in [0.2, 0.25) is 11.7 Å². The number of rotatable bonds is 3. The summed E-state index contributed by atoms with van der Waals surface area (Å²) < 4.78 is 5.20. The number of nitrogens with zero attached hydrogens (tertiary/aromatic N) is 3. The molecule has 2 aromatic rings. The largest absolute Gasteiger partial charge is 0.337 e. The van der Waals surface area contributed by atoms with Gasteiger partial charge in [-0.1, -0.05) is 5.16 Å². The van der Waals surface area contributed by atoms with Crippen LogP contribution in [0, 0.1) is 12.8 Å². The van der Waals surface area contributed by atoms with E-state index >= 15 is 0 Å². The molecule has 5 heteroatoms. The lowest BCUT2D eigenvalue weighted by atomic mass is 10.2. The van der Waals surface area contributed by atoms with Crippen LogP contribution < -0.4 is 5.73 Å². The van der Waals surface area contributed by atoms with Crippen LogP contribution in [-0.2, 0) is 0 Å². The lowest BCUT2D eigenvalue weighted by Crippen LogP contribution is -2.12. The van der Waals surface area contributed by atoms with Crippen molar-refractivity contribution < 1.29 is 4.52 Å². The Hall–Kier alpha value is -1.75. The molecule has 17 heavy (non-hydrogen) atoms. The molecule has 0 radical (unpaired) electrons. The van der Waals surface area contributed by atoms with Crippen molar-refractivity contribution in [3.05, 3.63) is 29.8 Å². The summed E-state index contributed by atoms with van der Waals surface area (Å²) in [5.41, 5.74) is 7.85. The molecule has 1 saturated carbocycles. The summed E-state index contributed by atoms with van der Waals surface area (Å²) in [5.74, 6) is 1.54. The van der Waals surface area contributed by atoms with Gasteiger partial charge in [0.15, 0.2) is 0 Å². The van der Waals surface area contributed by atoms with Gasteiger partial charge in [-0.25, -0.2) is 0 Å². The van der Waals surface area contributed by atoms with E-state index < -0.39 is 0 Å². The molecule has 1 aliphatic rings. The quantitative estimate of drug-likeness (QED) is 0.870. The van der Waals surface area contributed by atoms with E-state index in [-0.39, 0.29) is 6.04 Å². The maximum Gasteiger partial charge on any atom is 0.244 e. The van der Waals surface area contributed by atoms with E-state index in [4.69, 9.17) is 10.3 Å². The molecule has 0 saturated heterocycles. The van der Waals surface area contributed by atoms with Crippen LogP contribution in [0.4, 0.5) is 0 Å². The molecule has 1 fully saturated rings. The van der Waals surface area contributed by atoms with Crippen LogP contribution in [0.1, 0.15) is 30.3 Å². The highest BCUT2D eigenvalue weighted by Gasteiger charge is 2.33. The lowest BCUT2D eigenvalue weighted by Gasteiger charge is -2.01. The molecule has 0 amide bonds. The Morgan fingerprint density at radius 2 is 2.29 bits per heavy atom. The minimum atomic E-state index is -0.124. The SMILES string of the molecule is Cc1ccnc(-c2noc(C(N)C3CC3)n2)c1. The third-order valence-corrected chi connectivity index (χ3v) is 3.00. The highest BCUT2D eigenvalue weighted by molar-refractivity contribution is 5.49. The molecule has 88 valence electrons. The Kier molecular flexibility index (Phi) is 2.40. The zero-order valence-electron chi connectivity index (χ0n) is 9.63. The molecule has 0 bridgehead atoms. The fraction of sp³-hybridized carbons (Fsp3) is 0.417. The minimum Gasteiger partial charge on any atom is -0.337 e. The first kappa shape index (κ1) is 10.4. The van der Waals surface area contributed by atoms with Gasteiger partial charge in [-0.05, 0) is 43.4 Å². The Bertz CT molecular complexity index is 533. The Balaban J connectivity index is 1.89. The van der Waals surface area contributed by atoms with Crippen LogP contribution in [0.2, 0.25) is 0 Å². The topological polar surface area (TPSA) is 77.8 Å². The van der Waals surface area contributed by atoms with Gasteiger partial charge in [-0.3, -0.25) is 4.98 Å². The molecule has 1 atom stereocenters. The summed E-state index contributed by atoms with van der Waals surface area (Å²) >= 11 is 0. The Morgan fingerprint density at radius 3 is 3.00 bits per heavy atom. The molecule has 2 aromatic heterocycles. The van der Waals surface area contributed by atoms with E-state index in [9.17, 15) is 0 Å². The molecule has 1 unspecified atom stereocenters. The average molecular weight is 230 g/mol. The molecule has 2 heterocycles. The molecule has 0 spiro atoms. The summed E-state index contributed by atoms with van der Waals surface area (Å²) in [6, 6.07) is 3.73. The van der Waals surface area contributed by atoms with E-state index in [0.717, 1.165) is 24.1 Å². The molecule has 0 aromatic carbocycles. The predicted molar refractivity (Wildman–Crippen MR) is 61.9 cm³/mol. The lowest BCUT2D eigenvalue weighted by molar-refractivity contribution is 0.343. The molecule has 0 aliphatic heterocycles. The van der Waals surface area contributed by atoms with Gasteiger partial charge < -0.3 is 10.3 Å². The van der Waals surface area contributed by atoms with Gasteiger partial charge >= 0.3 is 0 Å². The van der Waals surface area contributed by atoms with E-state index in [1.807, 2.05) is 19.1 Å². The van der Waals surface area contributed by atoms with Crippen molar-refractivity contribution in [1.29, 1.82) is 0 Å². The number of pyridine rings is 1. The van der Waals surface area contributed by atoms with Crippen LogP contribution in [0.25, 0.3) is 11.5 Å². The van der Waals surface area contributed by atoms with E-state index in [2.05, 4.69) is 15.1 Å². The maximum atomic E-state index is 6.00. The standard InChI is InChI=1S/C12H14N4O/c1-7-4-5-14-9(6-7)11-15-12(17-16-11)10(13)8-2-3-8/h4-6,8,10H,2-3,13H2,1H3. The first-order valence-corrected chi connectivity index (χ1v) is 5.76. The number of hydrogen-bond acceptors (Lipinski definition) is 5. The normalized spacial score (nSPS) is 17.1. The number of aryl methyl sites for hydroxylation is 1. The van der Waals surface area contributed by atoms with Crippen molar-refractivity contribution in [3.63, 3.8) is 0 Å². The van der Waals surface area contributed by atoms with Crippen molar-refractivity contribution in [3.8, 4) is 11.5 Å². The Morgan fingerprint density at radius 1 is 1.47 bits per heavy atom. The van der Waals surface area contributed by atoms with Crippen molar-refractivity contribution in [2.75, 3.05) is 0 Å². The highest BCUT2D eigenvalue weighted by Crippen LogP contribution is 2.39. The fourth-order valence-electron chi connectivity index (χ4n) is 1.79. The van der Waals surface area contributed by atoms with Gasteiger partial charge in [-0.15, -0.1) is 0 Å². The predicted octanol–water partition coefficient (Wildman–Crippen LogP) is 1.85. The van der Waals surface area contributed by atoms with Crippen LogP contribution in [0.3, 0.4) is 0 Å². The van der Waals surface area contributed by atoms with Gasteiger partial charge in [0.1, 0.15) is 5.69 Å². The van der Waals surface area contributed by atoms with Crippen molar-refractivity contribution in [1.82, 2.24) is 15.1 Å². The molecule has 1 aliphatic carbocycles. The van der Waals surface area contributed by atoms with Crippen LogP contribution in [-0.4, -0.2) is 15.1 Å². The fourth-order valence-corrected chi connectivity index (χ4v) is 1.79. The minimum absolute atomic E-state index is 0.124. The maximum absolute atomic E-state index is 6.00. The zero-order valence-corrected chi connectivity index (χ0v) is 9.63. The smallest absolute Gasteiger partial charge is 0.244 e. The van der Waals surface area contributed by atoms with Crippen molar-refractivity contribution in [2.45, 2.75) is 25.8 Å². The second kappa shape index (κ2) is 3.92. The third kappa shape index (κ3) is 2.06. The summed E-state index contributed by atoms with van der Waals surface area (Å²) in [7, 11) is 0. The zero-order chi connectivity index (χ0) is 11.8.